The predicted octanol–water partition coefficient (Wildman–Crippen LogP) is 6.55. The Labute approximate surface area is 127 Å². The van der Waals surface area contributed by atoms with Gasteiger partial charge < -0.3 is 0 Å². The molecule has 0 radical (unpaired) electrons. The maximum atomic E-state index is 12.2. The molecule has 0 spiro atoms. The Morgan fingerprint density at radius 3 is 1.65 bits per heavy atom. The second-order valence-corrected chi connectivity index (χ2v) is 6.43. The average molecular weight is 283 g/mol. The number of hydrogen-bond donors (Lipinski definition) is 0. The van der Waals surface area contributed by atoms with Gasteiger partial charge in [0.2, 0.25) is 0 Å². The molecule has 0 fully saturated rings. The summed E-state index contributed by atoms with van der Waals surface area (Å²) in [5.41, 5.74) is 0. The number of hydrogen-bond acceptors (Lipinski definition) is 1. The van der Waals surface area contributed by atoms with Crippen LogP contribution in [0.2, 0.25) is 0 Å². The molecular weight excluding hydrogens is 244 g/mol. The van der Waals surface area contributed by atoms with Gasteiger partial charge in [0.15, 0.2) is 0 Å². The topological polar surface area (TPSA) is 17.1 Å². The number of carbonyl (C=O) groups excluding carboxylic acids is 1. The van der Waals surface area contributed by atoms with Crippen molar-refractivity contribution in [2.24, 2.45) is 11.8 Å². The molecule has 0 unspecified atom stereocenters. The first-order valence-electron chi connectivity index (χ1n) is 9.22. The minimum atomic E-state index is 0.354. The first-order chi connectivity index (χ1) is 9.69. The van der Waals surface area contributed by atoms with Crippen LogP contribution in [0.4, 0.5) is 0 Å². The van der Waals surface area contributed by atoms with E-state index >= 15 is 0 Å². The van der Waals surface area contributed by atoms with E-state index in [1.165, 1.54) is 38.5 Å². The third-order valence-electron chi connectivity index (χ3n) is 4.41. The molecule has 0 aromatic rings. The number of unbranched alkanes of at least 4 members (excludes halogenated alkanes) is 1. The maximum Gasteiger partial charge on any atom is 0.135 e. The molecule has 0 aliphatic heterocycles. The first kappa shape index (κ1) is 19.7. The highest BCUT2D eigenvalue weighted by Crippen LogP contribution is 2.22. The van der Waals surface area contributed by atoms with E-state index < -0.39 is 0 Å². The van der Waals surface area contributed by atoms with Crippen molar-refractivity contribution in [3.63, 3.8) is 0 Å². The van der Waals surface area contributed by atoms with Crippen LogP contribution >= 0.6 is 0 Å². The molecular formula is C19H38O. The van der Waals surface area contributed by atoms with E-state index in [1.807, 2.05) is 0 Å². The van der Waals surface area contributed by atoms with Crippen LogP contribution in [-0.4, -0.2) is 5.78 Å². The van der Waals surface area contributed by atoms with Gasteiger partial charge in [0.1, 0.15) is 5.78 Å². The Hall–Kier alpha value is -0.330. The van der Waals surface area contributed by atoms with Crippen LogP contribution < -0.4 is 0 Å². The Bertz CT molecular complexity index is 210. The zero-order valence-electron chi connectivity index (χ0n) is 14.5. The molecule has 0 aromatic carbocycles. The van der Waals surface area contributed by atoms with E-state index in [0.29, 0.717) is 11.7 Å². The number of carbonyl (C=O) groups is 1. The number of rotatable bonds is 14. The van der Waals surface area contributed by atoms with Gasteiger partial charge in [0.25, 0.3) is 0 Å². The average Bonchev–Trinajstić information content (AvgIpc) is 2.43. The van der Waals surface area contributed by atoms with Gasteiger partial charge in [0, 0.05) is 12.3 Å². The summed E-state index contributed by atoms with van der Waals surface area (Å²) in [4.78, 5) is 12.2. The lowest BCUT2D eigenvalue weighted by atomic mass is 9.89. The molecule has 0 aliphatic carbocycles. The molecule has 1 heteroatoms. The summed E-state index contributed by atoms with van der Waals surface area (Å²) in [5.74, 6) is 1.80. The lowest BCUT2D eigenvalue weighted by molar-refractivity contribution is -0.123. The quantitative estimate of drug-likeness (QED) is 0.330. The number of Topliss-reactive ketones (excluding diaryl/α,β-unsaturated/α-hetero) is 1. The van der Waals surface area contributed by atoms with Crippen LogP contribution in [0.5, 0.6) is 0 Å². The molecule has 20 heavy (non-hydrogen) atoms. The third kappa shape index (κ3) is 9.55. The highest BCUT2D eigenvalue weighted by atomic mass is 16.1. The fourth-order valence-electron chi connectivity index (χ4n) is 3.35. The van der Waals surface area contributed by atoms with Gasteiger partial charge in [0.05, 0.1) is 0 Å². The third-order valence-corrected chi connectivity index (χ3v) is 4.41. The maximum absolute atomic E-state index is 12.2. The van der Waals surface area contributed by atoms with E-state index in [9.17, 15) is 4.79 Å². The van der Waals surface area contributed by atoms with Gasteiger partial charge in [-0.3, -0.25) is 4.79 Å². The zero-order chi connectivity index (χ0) is 15.2. The Morgan fingerprint density at radius 2 is 1.20 bits per heavy atom. The van der Waals surface area contributed by atoms with E-state index in [4.69, 9.17) is 0 Å². The largest absolute Gasteiger partial charge is 0.299 e. The fraction of sp³-hybridized carbons (Fsp3) is 0.947. The lowest BCUT2D eigenvalue weighted by Gasteiger charge is -2.16. The molecule has 120 valence electrons. The molecule has 0 heterocycles. The molecule has 0 amide bonds. The molecule has 0 N–H and O–H groups in total. The van der Waals surface area contributed by atoms with Crippen molar-refractivity contribution in [3.8, 4) is 0 Å². The second kappa shape index (κ2) is 13.6. The normalized spacial score (nSPS) is 11.5. The van der Waals surface area contributed by atoms with Crippen molar-refractivity contribution >= 4 is 5.78 Å². The van der Waals surface area contributed by atoms with Gasteiger partial charge in [-0.2, -0.15) is 0 Å². The summed E-state index contributed by atoms with van der Waals surface area (Å²) in [6, 6.07) is 0. The lowest BCUT2D eigenvalue weighted by Crippen LogP contribution is -2.14. The predicted molar refractivity (Wildman–Crippen MR) is 90.1 cm³/mol. The summed E-state index contributed by atoms with van der Waals surface area (Å²) in [6.07, 6.45) is 14.4. The minimum Gasteiger partial charge on any atom is -0.299 e. The van der Waals surface area contributed by atoms with Crippen molar-refractivity contribution in [1.29, 1.82) is 0 Å². The monoisotopic (exact) mass is 282 g/mol. The van der Waals surface area contributed by atoms with Gasteiger partial charge in [-0.1, -0.05) is 79.1 Å². The molecule has 0 rings (SSSR count). The van der Waals surface area contributed by atoms with E-state index in [2.05, 4.69) is 27.7 Å². The second-order valence-electron chi connectivity index (χ2n) is 6.43. The molecule has 0 atom stereocenters. The summed E-state index contributed by atoms with van der Waals surface area (Å²) < 4.78 is 0. The summed E-state index contributed by atoms with van der Waals surface area (Å²) in [7, 11) is 0. The van der Waals surface area contributed by atoms with Gasteiger partial charge in [-0.05, 0) is 25.2 Å². The van der Waals surface area contributed by atoms with E-state index in [1.54, 1.807) is 0 Å². The Kier molecular flexibility index (Phi) is 13.4. The van der Waals surface area contributed by atoms with E-state index in [-0.39, 0.29) is 0 Å². The van der Waals surface area contributed by atoms with Crippen molar-refractivity contribution in [2.75, 3.05) is 0 Å². The summed E-state index contributed by atoms with van der Waals surface area (Å²) >= 11 is 0. The zero-order valence-corrected chi connectivity index (χ0v) is 14.5. The SMILES string of the molecule is CCCC(CCC)CCCCC(=O)C(CCC)CCC. The van der Waals surface area contributed by atoms with Gasteiger partial charge in [-0.15, -0.1) is 0 Å². The van der Waals surface area contributed by atoms with E-state index in [0.717, 1.165) is 44.4 Å². The Morgan fingerprint density at radius 1 is 0.700 bits per heavy atom. The molecule has 0 aromatic heterocycles. The van der Waals surface area contributed by atoms with Gasteiger partial charge in [-0.25, -0.2) is 0 Å². The molecule has 0 saturated carbocycles. The summed E-state index contributed by atoms with van der Waals surface area (Å²) in [6.45, 7) is 8.95. The van der Waals surface area contributed by atoms with Crippen molar-refractivity contribution < 1.29 is 4.79 Å². The van der Waals surface area contributed by atoms with Crippen LogP contribution in [0.1, 0.15) is 105 Å². The standard InChI is InChI=1S/C19H38O/c1-5-11-17(12-6-2)15-9-10-16-19(20)18(13-7-3)14-8-4/h17-18H,5-16H2,1-4H3. The van der Waals surface area contributed by atoms with Crippen molar-refractivity contribution in [1.82, 2.24) is 0 Å². The number of ketones is 1. The minimum absolute atomic E-state index is 0.354. The Balaban J connectivity index is 3.87. The van der Waals surface area contributed by atoms with Crippen LogP contribution in [0.25, 0.3) is 0 Å². The van der Waals surface area contributed by atoms with Crippen molar-refractivity contribution in [2.45, 2.75) is 105 Å². The van der Waals surface area contributed by atoms with Crippen LogP contribution in [0.15, 0.2) is 0 Å². The molecule has 1 nitrogen and oxygen atoms in total. The van der Waals surface area contributed by atoms with Crippen LogP contribution in [0, 0.1) is 11.8 Å². The highest BCUT2D eigenvalue weighted by molar-refractivity contribution is 5.80. The molecule has 0 aliphatic rings. The first-order valence-corrected chi connectivity index (χ1v) is 9.22. The van der Waals surface area contributed by atoms with Crippen LogP contribution in [0.3, 0.4) is 0 Å². The molecule has 0 saturated heterocycles. The van der Waals surface area contributed by atoms with Crippen LogP contribution in [-0.2, 0) is 4.79 Å². The highest BCUT2D eigenvalue weighted by Gasteiger charge is 2.16. The molecule has 0 bridgehead atoms. The van der Waals surface area contributed by atoms with Gasteiger partial charge >= 0.3 is 0 Å². The summed E-state index contributed by atoms with van der Waals surface area (Å²) in [5, 5.41) is 0. The van der Waals surface area contributed by atoms with Crippen molar-refractivity contribution in [3.05, 3.63) is 0 Å². The smallest absolute Gasteiger partial charge is 0.135 e. The fourth-order valence-corrected chi connectivity index (χ4v) is 3.35.